The first-order valence-electron chi connectivity index (χ1n) is 7.37. The minimum Gasteiger partial charge on any atom is -0.371 e. The third-order valence-electron chi connectivity index (χ3n) is 3.88. The van der Waals surface area contributed by atoms with Crippen molar-refractivity contribution in [2.24, 2.45) is 0 Å². The van der Waals surface area contributed by atoms with E-state index in [1.807, 2.05) is 11.8 Å². The van der Waals surface area contributed by atoms with Crippen molar-refractivity contribution < 1.29 is 0 Å². The van der Waals surface area contributed by atoms with Gasteiger partial charge in [0.15, 0.2) is 0 Å². The number of nitrogens with zero attached hydrogens (tertiary/aromatic N) is 1. The van der Waals surface area contributed by atoms with Crippen molar-refractivity contribution in [2.45, 2.75) is 38.0 Å². The Hall–Kier alpha value is -0.670. The molecule has 0 radical (unpaired) electrons. The van der Waals surface area contributed by atoms with Crippen molar-refractivity contribution in [3.8, 4) is 0 Å². The van der Waals surface area contributed by atoms with Crippen LogP contribution in [0.25, 0.3) is 0 Å². The van der Waals surface area contributed by atoms with Gasteiger partial charge in [-0.2, -0.15) is 11.8 Å². The van der Waals surface area contributed by atoms with Crippen molar-refractivity contribution in [1.82, 2.24) is 5.32 Å². The molecule has 1 aromatic rings. The molecule has 1 heterocycles. The van der Waals surface area contributed by atoms with Crippen LogP contribution >= 0.6 is 11.8 Å². The highest BCUT2D eigenvalue weighted by Crippen LogP contribution is 2.24. The van der Waals surface area contributed by atoms with E-state index in [1.165, 1.54) is 43.6 Å². The Morgan fingerprint density at radius 2 is 2.00 bits per heavy atom. The van der Waals surface area contributed by atoms with Crippen molar-refractivity contribution in [3.05, 3.63) is 29.8 Å². The molecule has 0 saturated carbocycles. The molecule has 0 aliphatic carbocycles. The zero-order valence-corrected chi connectivity index (χ0v) is 13.0. The van der Waals surface area contributed by atoms with Gasteiger partial charge in [-0.15, -0.1) is 0 Å². The predicted octanol–water partition coefficient (Wildman–Crippen LogP) is 3.52. The number of para-hydroxylation sites is 1. The molecule has 0 aromatic heterocycles. The largest absolute Gasteiger partial charge is 0.371 e. The lowest BCUT2D eigenvalue weighted by Crippen LogP contribution is -2.22. The lowest BCUT2D eigenvalue weighted by Gasteiger charge is -2.21. The monoisotopic (exact) mass is 278 g/mol. The van der Waals surface area contributed by atoms with Crippen molar-refractivity contribution in [1.29, 1.82) is 0 Å². The van der Waals surface area contributed by atoms with E-state index in [2.05, 4.69) is 47.7 Å². The Labute approximate surface area is 122 Å². The summed E-state index contributed by atoms with van der Waals surface area (Å²) in [6.45, 7) is 6.84. The van der Waals surface area contributed by atoms with Crippen LogP contribution in [0, 0.1) is 0 Å². The molecule has 0 amide bonds. The van der Waals surface area contributed by atoms with E-state index >= 15 is 0 Å². The van der Waals surface area contributed by atoms with E-state index in [-0.39, 0.29) is 0 Å². The lowest BCUT2D eigenvalue weighted by molar-refractivity contribution is 0.647. The number of rotatable bonds is 7. The summed E-state index contributed by atoms with van der Waals surface area (Å²) < 4.78 is 0. The summed E-state index contributed by atoms with van der Waals surface area (Å²) in [6, 6.07) is 8.85. The van der Waals surface area contributed by atoms with Gasteiger partial charge < -0.3 is 10.2 Å². The minimum atomic E-state index is 0.751. The Balaban J connectivity index is 1.85. The molecule has 1 atom stereocenters. The van der Waals surface area contributed by atoms with Gasteiger partial charge in [0.1, 0.15) is 0 Å². The summed E-state index contributed by atoms with van der Waals surface area (Å²) in [4.78, 5) is 2.53. The first-order valence-corrected chi connectivity index (χ1v) is 8.66. The summed E-state index contributed by atoms with van der Waals surface area (Å²) in [6.07, 6.45) is 6.11. The van der Waals surface area contributed by atoms with E-state index in [9.17, 15) is 0 Å². The van der Waals surface area contributed by atoms with Gasteiger partial charge in [0, 0.05) is 30.6 Å². The Bertz CT molecular complexity index is 375. The summed E-state index contributed by atoms with van der Waals surface area (Å²) in [5.41, 5.74) is 2.88. The molecule has 0 bridgehead atoms. The normalized spacial score (nSPS) is 16.8. The first-order chi connectivity index (χ1) is 9.31. The van der Waals surface area contributed by atoms with Gasteiger partial charge in [0.2, 0.25) is 0 Å². The Morgan fingerprint density at radius 1 is 1.26 bits per heavy atom. The molecule has 1 aromatic carbocycles. The second kappa shape index (κ2) is 7.81. The summed E-state index contributed by atoms with van der Waals surface area (Å²) >= 11 is 1.95. The molecular formula is C16H26N2S. The third-order valence-corrected chi connectivity index (χ3v) is 4.92. The van der Waals surface area contributed by atoms with Crippen LogP contribution in [0.4, 0.5) is 5.69 Å². The standard InChI is InChI=1S/C16H26N2S/c1-14(19-2)9-10-17-13-15-7-3-4-8-16(15)18-11-5-6-12-18/h3-4,7-8,14,17H,5-6,9-13H2,1-2H3. The van der Waals surface area contributed by atoms with Crippen molar-refractivity contribution >= 4 is 17.4 Å². The van der Waals surface area contributed by atoms with Crippen molar-refractivity contribution in [3.63, 3.8) is 0 Å². The van der Waals surface area contributed by atoms with Crippen LogP contribution in [0.3, 0.4) is 0 Å². The van der Waals surface area contributed by atoms with E-state index in [1.54, 1.807) is 0 Å². The van der Waals surface area contributed by atoms with Crippen molar-refractivity contribution in [2.75, 3.05) is 30.8 Å². The smallest absolute Gasteiger partial charge is 0.0411 e. The molecule has 1 fully saturated rings. The fourth-order valence-electron chi connectivity index (χ4n) is 2.57. The zero-order valence-electron chi connectivity index (χ0n) is 12.2. The number of nitrogens with one attached hydrogen (secondary N) is 1. The van der Waals surface area contributed by atoms with Crippen LogP contribution in [0.1, 0.15) is 31.7 Å². The molecule has 1 N–H and O–H groups in total. The summed E-state index contributed by atoms with van der Waals surface area (Å²) in [5, 5.41) is 4.34. The molecular weight excluding hydrogens is 252 g/mol. The maximum atomic E-state index is 3.59. The molecule has 3 heteroatoms. The second-order valence-corrected chi connectivity index (χ2v) is 6.61. The molecule has 1 unspecified atom stereocenters. The highest BCUT2D eigenvalue weighted by molar-refractivity contribution is 7.99. The van der Waals surface area contributed by atoms with Crippen LogP contribution in [0.5, 0.6) is 0 Å². The molecule has 2 rings (SSSR count). The lowest BCUT2D eigenvalue weighted by atomic mass is 10.1. The Morgan fingerprint density at radius 3 is 2.74 bits per heavy atom. The second-order valence-electron chi connectivity index (χ2n) is 5.33. The molecule has 1 saturated heterocycles. The quantitative estimate of drug-likeness (QED) is 0.768. The van der Waals surface area contributed by atoms with Crippen LogP contribution in [-0.4, -0.2) is 31.1 Å². The number of hydrogen-bond donors (Lipinski definition) is 1. The topological polar surface area (TPSA) is 15.3 Å². The minimum absolute atomic E-state index is 0.751. The van der Waals surface area contributed by atoms with Crippen LogP contribution in [0.15, 0.2) is 24.3 Å². The van der Waals surface area contributed by atoms with Gasteiger partial charge in [-0.1, -0.05) is 25.1 Å². The van der Waals surface area contributed by atoms with E-state index in [4.69, 9.17) is 0 Å². The van der Waals surface area contributed by atoms with Gasteiger partial charge >= 0.3 is 0 Å². The highest BCUT2D eigenvalue weighted by atomic mass is 32.2. The number of benzene rings is 1. The molecule has 106 valence electrons. The molecule has 19 heavy (non-hydrogen) atoms. The molecule has 1 aliphatic rings. The maximum absolute atomic E-state index is 3.59. The predicted molar refractivity (Wildman–Crippen MR) is 87.2 cm³/mol. The van der Waals surface area contributed by atoms with Gasteiger partial charge in [-0.3, -0.25) is 0 Å². The first kappa shape index (κ1) is 14.7. The van der Waals surface area contributed by atoms with Gasteiger partial charge in [0.05, 0.1) is 0 Å². The maximum Gasteiger partial charge on any atom is 0.0411 e. The van der Waals surface area contributed by atoms with E-state index in [0.29, 0.717) is 0 Å². The number of hydrogen-bond acceptors (Lipinski definition) is 3. The fraction of sp³-hybridized carbons (Fsp3) is 0.625. The number of anilines is 1. The van der Waals surface area contributed by atoms with Gasteiger partial charge in [-0.25, -0.2) is 0 Å². The molecule has 2 nitrogen and oxygen atoms in total. The van der Waals surface area contributed by atoms with E-state index in [0.717, 1.165) is 18.3 Å². The number of thioether (sulfide) groups is 1. The SMILES string of the molecule is CSC(C)CCNCc1ccccc1N1CCCC1. The van der Waals surface area contributed by atoms with Crippen LogP contribution in [0.2, 0.25) is 0 Å². The molecule has 1 aliphatic heterocycles. The highest BCUT2D eigenvalue weighted by Gasteiger charge is 2.14. The van der Waals surface area contributed by atoms with Crippen LogP contribution < -0.4 is 10.2 Å². The third kappa shape index (κ3) is 4.43. The van der Waals surface area contributed by atoms with Gasteiger partial charge in [-0.05, 0) is 43.7 Å². The summed E-state index contributed by atoms with van der Waals surface area (Å²) in [7, 11) is 0. The zero-order chi connectivity index (χ0) is 13.5. The molecule has 0 spiro atoms. The average Bonchev–Trinajstić information content (AvgIpc) is 2.97. The van der Waals surface area contributed by atoms with E-state index < -0.39 is 0 Å². The van der Waals surface area contributed by atoms with Gasteiger partial charge in [0.25, 0.3) is 0 Å². The fourth-order valence-corrected chi connectivity index (χ4v) is 2.93. The van der Waals surface area contributed by atoms with Crippen LogP contribution in [-0.2, 0) is 6.54 Å². The average molecular weight is 278 g/mol. The summed E-state index contributed by atoms with van der Waals surface area (Å²) in [5.74, 6) is 0. The Kier molecular flexibility index (Phi) is 6.05.